The summed E-state index contributed by atoms with van der Waals surface area (Å²) in [5, 5.41) is 6.26. The van der Waals surface area contributed by atoms with Gasteiger partial charge in [0, 0.05) is 28.0 Å². The van der Waals surface area contributed by atoms with Gasteiger partial charge in [0.05, 0.1) is 6.04 Å². The summed E-state index contributed by atoms with van der Waals surface area (Å²) in [6.07, 6.45) is 0.215. The lowest BCUT2D eigenvalue weighted by Gasteiger charge is -2.14. The number of rotatable bonds is 6. The predicted molar refractivity (Wildman–Crippen MR) is 99.1 cm³/mol. The van der Waals surface area contributed by atoms with Crippen LogP contribution in [0.3, 0.4) is 0 Å². The Bertz CT molecular complexity index is 719. The highest BCUT2D eigenvalue weighted by atomic mass is 79.9. The van der Waals surface area contributed by atoms with Crippen LogP contribution >= 0.6 is 27.5 Å². The average Bonchev–Trinajstić information content (AvgIpc) is 2.55. The highest BCUT2D eigenvalue weighted by Crippen LogP contribution is 2.17. The van der Waals surface area contributed by atoms with Crippen LogP contribution in [0.15, 0.2) is 53.0 Å². The van der Waals surface area contributed by atoms with Crippen LogP contribution in [0.4, 0.5) is 0 Å². The van der Waals surface area contributed by atoms with Crippen molar-refractivity contribution >= 4 is 39.3 Å². The fourth-order valence-corrected chi connectivity index (χ4v) is 2.63. The van der Waals surface area contributed by atoms with Gasteiger partial charge < -0.3 is 10.6 Å². The van der Waals surface area contributed by atoms with Gasteiger partial charge in [-0.25, -0.2) is 0 Å². The lowest BCUT2D eigenvalue weighted by atomic mass is 10.1. The first kappa shape index (κ1) is 18.5. The number of benzene rings is 2. The van der Waals surface area contributed by atoms with E-state index in [-0.39, 0.29) is 30.8 Å². The van der Waals surface area contributed by atoms with Crippen molar-refractivity contribution < 1.29 is 9.59 Å². The fourth-order valence-electron chi connectivity index (χ4n) is 2.17. The van der Waals surface area contributed by atoms with E-state index in [9.17, 15) is 9.59 Å². The van der Waals surface area contributed by atoms with E-state index in [2.05, 4.69) is 26.6 Å². The molecule has 0 radical (unpaired) electrons. The van der Waals surface area contributed by atoms with E-state index in [1.807, 2.05) is 25.1 Å². The van der Waals surface area contributed by atoms with Gasteiger partial charge in [-0.15, -0.1) is 0 Å². The molecule has 0 aliphatic carbocycles. The van der Waals surface area contributed by atoms with Crippen molar-refractivity contribution in [2.75, 3.05) is 6.54 Å². The van der Waals surface area contributed by atoms with E-state index in [1.165, 1.54) is 0 Å². The van der Waals surface area contributed by atoms with Crippen molar-refractivity contribution in [1.82, 2.24) is 10.6 Å². The van der Waals surface area contributed by atoms with Crippen LogP contribution in [-0.4, -0.2) is 18.4 Å². The van der Waals surface area contributed by atoms with Crippen LogP contribution in [0, 0.1) is 0 Å². The van der Waals surface area contributed by atoms with Crippen LogP contribution in [0.25, 0.3) is 0 Å². The van der Waals surface area contributed by atoms with E-state index in [0.29, 0.717) is 10.6 Å². The molecule has 0 bridgehead atoms. The van der Waals surface area contributed by atoms with E-state index in [0.717, 1.165) is 10.0 Å². The predicted octanol–water partition coefficient (Wildman–Crippen LogP) is 4.10. The Labute approximate surface area is 154 Å². The maximum Gasteiger partial charge on any atom is 0.251 e. The molecular weight excluding hydrogens is 392 g/mol. The number of halogens is 2. The minimum Gasteiger partial charge on any atom is -0.352 e. The lowest BCUT2D eigenvalue weighted by molar-refractivity contribution is -0.121. The van der Waals surface area contributed by atoms with Crippen LogP contribution in [0.5, 0.6) is 0 Å². The van der Waals surface area contributed by atoms with E-state index < -0.39 is 0 Å². The number of hydrogen-bond acceptors (Lipinski definition) is 2. The molecule has 0 aliphatic rings. The van der Waals surface area contributed by atoms with Gasteiger partial charge in [-0.1, -0.05) is 39.7 Å². The molecule has 0 saturated heterocycles. The first-order chi connectivity index (χ1) is 11.5. The molecule has 0 spiro atoms. The Hall–Kier alpha value is -1.85. The molecule has 2 amide bonds. The van der Waals surface area contributed by atoms with Gasteiger partial charge >= 0.3 is 0 Å². The minimum absolute atomic E-state index is 0.126. The molecule has 6 heteroatoms. The number of amides is 2. The number of carbonyl (C=O) groups is 2. The second-order valence-electron chi connectivity index (χ2n) is 5.36. The topological polar surface area (TPSA) is 58.2 Å². The van der Waals surface area contributed by atoms with Gasteiger partial charge in [-0.3, -0.25) is 9.59 Å². The first-order valence-electron chi connectivity index (χ1n) is 7.54. The maximum absolute atomic E-state index is 12.0. The number of nitrogens with one attached hydrogen (secondary N) is 2. The van der Waals surface area contributed by atoms with Gasteiger partial charge in [0.2, 0.25) is 5.91 Å². The van der Waals surface area contributed by atoms with Crippen LogP contribution in [0.1, 0.15) is 35.3 Å². The van der Waals surface area contributed by atoms with E-state index >= 15 is 0 Å². The molecule has 0 saturated carbocycles. The second kappa shape index (κ2) is 8.85. The summed E-state index contributed by atoms with van der Waals surface area (Å²) in [4.78, 5) is 23.9. The monoisotopic (exact) mass is 408 g/mol. The summed E-state index contributed by atoms with van der Waals surface area (Å²) in [5.74, 6) is -0.322. The maximum atomic E-state index is 12.0. The largest absolute Gasteiger partial charge is 0.352 e. The summed E-state index contributed by atoms with van der Waals surface area (Å²) < 4.78 is 0.911. The lowest BCUT2D eigenvalue weighted by Crippen LogP contribution is -2.32. The smallest absolute Gasteiger partial charge is 0.251 e. The first-order valence-corrected chi connectivity index (χ1v) is 8.71. The summed E-state index contributed by atoms with van der Waals surface area (Å²) in [6.45, 7) is 2.17. The molecule has 4 nitrogen and oxygen atoms in total. The summed E-state index contributed by atoms with van der Waals surface area (Å²) >= 11 is 9.27. The molecule has 0 fully saturated rings. The third-order valence-electron chi connectivity index (χ3n) is 3.47. The van der Waals surface area contributed by atoms with Gasteiger partial charge in [-0.05, 0) is 48.9 Å². The van der Waals surface area contributed by atoms with Gasteiger partial charge in [0.15, 0.2) is 0 Å². The second-order valence-corrected chi connectivity index (χ2v) is 6.71. The molecule has 1 unspecified atom stereocenters. The normalized spacial score (nSPS) is 11.6. The Morgan fingerprint density at radius 3 is 2.54 bits per heavy atom. The Kier molecular flexibility index (Phi) is 6.82. The SMILES string of the molecule is CC(NC(=O)CCNC(=O)c1ccc(Br)cc1)c1cccc(Cl)c1. The van der Waals surface area contributed by atoms with Crippen molar-refractivity contribution in [3.8, 4) is 0 Å². The Morgan fingerprint density at radius 1 is 1.17 bits per heavy atom. The molecule has 2 aromatic carbocycles. The molecule has 24 heavy (non-hydrogen) atoms. The zero-order valence-corrected chi connectivity index (χ0v) is 15.5. The zero-order chi connectivity index (χ0) is 17.5. The molecule has 2 N–H and O–H groups in total. The molecular formula is C18H18BrClN2O2. The minimum atomic E-state index is -0.196. The van der Waals surface area contributed by atoms with E-state index in [1.54, 1.807) is 30.3 Å². The number of hydrogen-bond donors (Lipinski definition) is 2. The van der Waals surface area contributed by atoms with Gasteiger partial charge in [-0.2, -0.15) is 0 Å². The van der Waals surface area contributed by atoms with E-state index in [4.69, 9.17) is 11.6 Å². The molecule has 0 heterocycles. The van der Waals surface area contributed by atoms with Gasteiger partial charge in [0.25, 0.3) is 5.91 Å². The molecule has 0 aliphatic heterocycles. The Balaban J connectivity index is 1.77. The van der Waals surface area contributed by atoms with Crippen molar-refractivity contribution in [3.05, 3.63) is 69.2 Å². The molecule has 0 aromatic heterocycles. The third-order valence-corrected chi connectivity index (χ3v) is 4.23. The highest BCUT2D eigenvalue weighted by molar-refractivity contribution is 9.10. The quantitative estimate of drug-likeness (QED) is 0.754. The molecule has 1 atom stereocenters. The Morgan fingerprint density at radius 2 is 1.88 bits per heavy atom. The van der Waals surface area contributed by atoms with Gasteiger partial charge in [0.1, 0.15) is 0 Å². The van der Waals surface area contributed by atoms with Crippen molar-refractivity contribution in [3.63, 3.8) is 0 Å². The molecule has 2 rings (SSSR count). The summed E-state index contributed by atoms with van der Waals surface area (Å²) in [6, 6.07) is 14.3. The van der Waals surface area contributed by atoms with Crippen molar-refractivity contribution in [2.45, 2.75) is 19.4 Å². The fraction of sp³-hybridized carbons (Fsp3) is 0.222. The average molecular weight is 410 g/mol. The van der Waals surface area contributed by atoms with Crippen LogP contribution < -0.4 is 10.6 Å². The molecule has 126 valence electrons. The standard InChI is InChI=1S/C18H18BrClN2O2/c1-12(14-3-2-4-16(20)11-14)22-17(23)9-10-21-18(24)13-5-7-15(19)8-6-13/h2-8,11-12H,9-10H2,1H3,(H,21,24)(H,22,23). The zero-order valence-electron chi connectivity index (χ0n) is 13.2. The van der Waals surface area contributed by atoms with Crippen molar-refractivity contribution in [1.29, 1.82) is 0 Å². The van der Waals surface area contributed by atoms with Crippen LogP contribution in [0.2, 0.25) is 5.02 Å². The summed E-state index contributed by atoms with van der Waals surface area (Å²) in [7, 11) is 0. The van der Waals surface area contributed by atoms with Crippen LogP contribution in [-0.2, 0) is 4.79 Å². The highest BCUT2D eigenvalue weighted by Gasteiger charge is 2.11. The number of carbonyl (C=O) groups excluding carboxylic acids is 2. The molecule has 2 aromatic rings. The van der Waals surface area contributed by atoms with Crippen molar-refractivity contribution in [2.24, 2.45) is 0 Å². The third kappa shape index (κ3) is 5.65. The summed E-state index contributed by atoms with van der Waals surface area (Å²) in [5.41, 5.74) is 1.50.